The minimum Gasteiger partial charge on any atom is -0.399 e. The Morgan fingerprint density at radius 1 is 1.17 bits per heavy atom. The highest BCUT2D eigenvalue weighted by atomic mass is 35.5. The fourth-order valence-corrected chi connectivity index (χ4v) is 3.09. The summed E-state index contributed by atoms with van der Waals surface area (Å²) in [4.78, 5) is 0. The van der Waals surface area contributed by atoms with Gasteiger partial charge in [0.1, 0.15) is 0 Å². The average molecular weight is 287 g/mol. The quantitative estimate of drug-likeness (QED) is 0.755. The first-order valence-electron chi connectivity index (χ1n) is 6.38. The number of hydrogen-bond donors (Lipinski definition) is 2. The second kappa shape index (κ2) is 5.18. The summed E-state index contributed by atoms with van der Waals surface area (Å²) in [6.45, 7) is 4.65. The van der Waals surface area contributed by atoms with Crippen LogP contribution in [0.25, 0.3) is 0 Å². The van der Waals surface area contributed by atoms with E-state index in [9.17, 15) is 0 Å². The number of benzene rings is 1. The van der Waals surface area contributed by atoms with Gasteiger partial charge in [0.25, 0.3) is 0 Å². The van der Waals surface area contributed by atoms with Crippen LogP contribution in [0.2, 0.25) is 10.0 Å². The summed E-state index contributed by atoms with van der Waals surface area (Å²) in [7, 11) is 0. The minimum atomic E-state index is 0.455. The summed E-state index contributed by atoms with van der Waals surface area (Å²) in [6.07, 6.45) is 4.78. The zero-order valence-electron chi connectivity index (χ0n) is 10.9. The first kappa shape index (κ1) is 13.8. The topological polar surface area (TPSA) is 38.0 Å². The predicted octanol–water partition coefficient (Wildman–Crippen LogP) is 4.96. The maximum absolute atomic E-state index is 6.18. The zero-order valence-corrected chi connectivity index (χ0v) is 12.4. The second-order valence-corrected chi connectivity index (χ2v) is 6.76. The molecule has 0 heterocycles. The van der Waals surface area contributed by atoms with Gasteiger partial charge >= 0.3 is 0 Å². The van der Waals surface area contributed by atoms with Gasteiger partial charge in [-0.2, -0.15) is 0 Å². The van der Waals surface area contributed by atoms with Gasteiger partial charge in [-0.05, 0) is 43.2 Å². The lowest BCUT2D eigenvalue weighted by atomic mass is 9.75. The number of nitrogen functional groups attached to an aromatic ring is 1. The number of halogens is 2. The van der Waals surface area contributed by atoms with Gasteiger partial charge in [-0.25, -0.2) is 0 Å². The van der Waals surface area contributed by atoms with Gasteiger partial charge in [-0.1, -0.05) is 37.0 Å². The van der Waals surface area contributed by atoms with E-state index in [0.717, 1.165) is 18.5 Å². The van der Waals surface area contributed by atoms with Crippen molar-refractivity contribution in [3.05, 3.63) is 22.2 Å². The smallest absolute Gasteiger partial charge is 0.0722 e. The molecule has 1 aromatic rings. The fourth-order valence-electron chi connectivity index (χ4n) is 2.48. The van der Waals surface area contributed by atoms with Crippen molar-refractivity contribution >= 4 is 34.6 Å². The minimum absolute atomic E-state index is 0.455. The van der Waals surface area contributed by atoms with Crippen molar-refractivity contribution in [1.29, 1.82) is 0 Å². The number of nitrogens with one attached hydrogen (secondary N) is 1. The van der Waals surface area contributed by atoms with Gasteiger partial charge < -0.3 is 11.1 Å². The maximum Gasteiger partial charge on any atom is 0.0722 e. The van der Waals surface area contributed by atoms with Crippen LogP contribution in [-0.4, -0.2) is 6.04 Å². The molecule has 0 saturated heterocycles. The molecule has 0 spiro atoms. The molecule has 4 heteroatoms. The van der Waals surface area contributed by atoms with Crippen molar-refractivity contribution in [3.63, 3.8) is 0 Å². The number of hydrogen-bond acceptors (Lipinski definition) is 2. The third-order valence-corrected chi connectivity index (χ3v) is 4.35. The highest BCUT2D eigenvalue weighted by Crippen LogP contribution is 2.39. The molecule has 1 aliphatic carbocycles. The van der Waals surface area contributed by atoms with Crippen molar-refractivity contribution in [2.45, 2.75) is 45.6 Å². The molecule has 0 atom stereocenters. The van der Waals surface area contributed by atoms with Gasteiger partial charge in [0.2, 0.25) is 0 Å². The van der Waals surface area contributed by atoms with Crippen LogP contribution in [0, 0.1) is 5.41 Å². The van der Waals surface area contributed by atoms with Crippen LogP contribution in [0.3, 0.4) is 0 Å². The van der Waals surface area contributed by atoms with E-state index in [2.05, 4.69) is 19.2 Å². The summed E-state index contributed by atoms with van der Waals surface area (Å²) in [5.74, 6) is 0. The van der Waals surface area contributed by atoms with E-state index in [-0.39, 0.29) is 0 Å². The monoisotopic (exact) mass is 286 g/mol. The molecule has 1 fully saturated rings. The molecule has 100 valence electrons. The van der Waals surface area contributed by atoms with E-state index in [4.69, 9.17) is 28.9 Å². The molecule has 0 aromatic heterocycles. The summed E-state index contributed by atoms with van der Waals surface area (Å²) >= 11 is 12.4. The summed E-state index contributed by atoms with van der Waals surface area (Å²) in [6, 6.07) is 3.93. The predicted molar refractivity (Wildman–Crippen MR) is 80.5 cm³/mol. The molecule has 1 saturated carbocycles. The van der Waals surface area contributed by atoms with Gasteiger partial charge in [-0.15, -0.1) is 0 Å². The van der Waals surface area contributed by atoms with Crippen molar-refractivity contribution in [1.82, 2.24) is 0 Å². The van der Waals surface area contributed by atoms with Crippen LogP contribution in [0.4, 0.5) is 11.4 Å². The Bertz CT molecular complexity index is 410. The van der Waals surface area contributed by atoms with E-state index in [1.165, 1.54) is 12.8 Å². The normalized spacial score (nSPS) is 19.8. The van der Waals surface area contributed by atoms with Crippen molar-refractivity contribution < 1.29 is 0 Å². The van der Waals surface area contributed by atoms with Crippen molar-refractivity contribution in [2.75, 3.05) is 11.1 Å². The lowest BCUT2D eigenvalue weighted by molar-refractivity contribution is 0.232. The van der Waals surface area contributed by atoms with Gasteiger partial charge in [0, 0.05) is 11.7 Å². The lowest BCUT2D eigenvalue weighted by Crippen LogP contribution is -2.30. The fraction of sp³-hybridized carbons (Fsp3) is 0.571. The van der Waals surface area contributed by atoms with E-state index >= 15 is 0 Å². The van der Waals surface area contributed by atoms with Crippen molar-refractivity contribution in [2.24, 2.45) is 5.41 Å². The molecular weight excluding hydrogens is 267 g/mol. The molecule has 2 rings (SSSR count). The zero-order chi connectivity index (χ0) is 13.3. The van der Waals surface area contributed by atoms with Crippen LogP contribution in [0.1, 0.15) is 39.5 Å². The lowest BCUT2D eigenvalue weighted by Gasteiger charge is -2.35. The summed E-state index contributed by atoms with van der Waals surface area (Å²) in [5.41, 5.74) is 7.58. The first-order valence-corrected chi connectivity index (χ1v) is 7.14. The van der Waals surface area contributed by atoms with Gasteiger partial charge in [0.15, 0.2) is 0 Å². The molecule has 1 aromatic carbocycles. The Morgan fingerprint density at radius 3 is 2.17 bits per heavy atom. The van der Waals surface area contributed by atoms with E-state index in [1.54, 1.807) is 12.1 Å². The molecule has 0 bridgehead atoms. The summed E-state index contributed by atoms with van der Waals surface area (Å²) in [5, 5.41) is 4.67. The molecular formula is C14H20Cl2N2. The van der Waals surface area contributed by atoms with Gasteiger partial charge in [0.05, 0.1) is 15.7 Å². The van der Waals surface area contributed by atoms with E-state index < -0.39 is 0 Å². The molecule has 18 heavy (non-hydrogen) atoms. The molecule has 0 radical (unpaired) electrons. The second-order valence-electron chi connectivity index (χ2n) is 5.94. The summed E-state index contributed by atoms with van der Waals surface area (Å²) < 4.78 is 0. The standard InChI is InChI=1S/C14H20Cl2N2/c1-14(2)5-3-10(4-6-14)18-13-11(15)7-9(17)8-12(13)16/h7-8,10,18H,3-6,17H2,1-2H3. The van der Waals surface area contributed by atoms with Gasteiger partial charge in [-0.3, -0.25) is 0 Å². The van der Waals surface area contributed by atoms with Crippen LogP contribution in [0.15, 0.2) is 12.1 Å². The number of anilines is 2. The van der Waals surface area contributed by atoms with E-state index in [0.29, 0.717) is 27.2 Å². The molecule has 2 nitrogen and oxygen atoms in total. The van der Waals surface area contributed by atoms with Crippen LogP contribution >= 0.6 is 23.2 Å². The number of rotatable bonds is 2. The van der Waals surface area contributed by atoms with E-state index in [1.807, 2.05) is 0 Å². The molecule has 0 aliphatic heterocycles. The number of nitrogens with two attached hydrogens (primary N) is 1. The third-order valence-electron chi connectivity index (χ3n) is 3.75. The largest absolute Gasteiger partial charge is 0.399 e. The third kappa shape index (κ3) is 3.24. The average Bonchev–Trinajstić information content (AvgIpc) is 2.25. The Hall–Kier alpha value is -0.600. The van der Waals surface area contributed by atoms with Crippen LogP contribution in [0.5, 0.6) is 0 Å². The molecule has 3 N–H and O–H groups in total. The SMILES string of the molecule is CC1(C)CCC(Nc2c(Cl)cc(N)cc2Cl)CC1. The molecule has 1 aliphatic rings. The highest BCUT2D eigenvalue weighted by Gasteiger charge is 2.27. The highest BCUT2D eigenvalue weighted by molar-refractivity contribution is 6.39. The van der Waals surface area contributed by atoms with Crippen molar-refractivity contribution in [3.8, 4) is 0 Å². The Balaban J connectivity index is 2.07. The molecule has 0 unspecified atom stereocenters. The Morgan fingerprint density at radius 2 is 1.67 bits per heavy atom. The Labute approximate surface area is 119 Å². The molecule has 0 amide bonds. The Kier molecular flexibility index (Phi) is 3.98. The van der Waals surface area contributed by atoms with Crippen LogP contribution in [-0.2, 0) is 0 Å². The van der Waals surface area contributed by atoms with Crippen LogP contribution < -0.4 is 11.1 Å². The maximum atomic E-state index is 6.18. The first-order chi connectivity index (χ1) is 8.37.